The molecule has 1 saturated carbocycles. The van der Waals surface area contributed by atoms with Gasteiger partial charge in [0.15, 0.2) is 6.29 Å². The smallest absolute Gasteiger partial charge is 0.151 e. The predicted octanol–water partition coefficient (Wildman–Crippen LogP) is 2.31. The molecule has 0 aromatic carbocycles. The van der Waals surface area contributed by atoms with Crippen LogP contribution in [0.25, 0.3) is 0 Å². The van der Waals surface area contributed by atoms with Gasteiger partial charge in [-0.2, -0.15) is 0 Å². The van der Waals surface area contributed by atoms with E-state index in [-0.39, 0.29) is 5.60 Å². The molecule has 1 unspecified atom stereocenters. The monoisotopic (exact) mass is 182 g/mol. The van der Waals surface area contributed by atoms with Crippen LogP contribution in [0, 0.1) is 5.92 Å². The lowest BCUT2D eigenvalue weighted by Gasteiger charge is -2.32. The van der Waals surface area contributed by atoms with Crippen molar-refractivity contribution in [2.75, 3.05) is 6.61 Å². The third kappa shape index (κ3) is 2.31. The molecule has 13 heavy (non-hydrogen) atoms. The molecule has 74 valence electrons. The summed E-state index contributed by atoms with van der Waals surface area (Å²) >= 11 is 0. The van der Waals surface area contributed by atoms with Crippen molar-refractivity contribution < 1.29 is 9.53 Å². The minimum Gasteiger partial charge on any atom is -0.368 e. The molecule has 1 heterocycles. The van der Waals surface area contributed by atoms with Crippen molar-refractivity contribution in [2.45, 2.75) is 50.5 Å². The van der Waals surface area contributed by atoms with Crippen LogP contribution in [-0.2, 0) is 9.53 Å². The Kier molecular flexibility index (Phi) is 2.68. The van der Waals surface area contributed by atoms with E-state index < -0.39 is 0 Å². The van der Waals surface area contributed by atoms with Gasteiger partial charge >= 0.3 is 0 Å². The summed E-state index contributed by atoms with van der Waals surface area (Å²) in [5.41, 5.74) is -0.388. The molecule has 0 radical (unpaired) electrons. The highest BCUT2D eigenvalue weighted by Crippen LogP contribution is 2.37. The number of aldehydes is 1. The molecule has 0 amide bonds. The molecule has 1 aliphatic heterocycles. The van der Waals surface area contributed by atoms with Gasteiger partial charge in [0, 0.05) is 6.61 Å². The number of ether oxygens (including phenoxy) is 1. The first kappa shape index (κ1) is 9.20. The fraction of sp³-hybridized carbons (Fsp3) is 0.909. The summed E-state index contributed by atoms with van der Waals surface area (Å²) in [6, 6.07) is 0. The van der Waals surface area contributed by atoms with Crippen LogP contribution < -0.4 is 0 Å². The Labute approximate surface area is 79.7 Å². The molecule has 0 spiro atoms. The molecular weight excluding hydrogens is 164 g/mol. The first-order valence-corrected chi connectivity index (χ1v) is 5.45. The molecule has 1 saturated heterocycles. The van der Waals surface area contributed by atoms with Crippen LogP contribution in [0.3, 0.4) is 0 Å². The topological polar surface area (TPSA) is 26.3 Å². The largest absolute Gasteiger partial charge is 0.368 e. The lowest BCUT2D eigenvalue weighted by molar-refractivity contribution is -0.139. The van der Waals surface area contributed by atoms with Crippen molar-refractivity contribution in [1.82, 2.24) is 0 Å². The molecule has 0 bridgehead atoms. The van der Waals surface area contributed by atoms with Gasteiger partial charge in [0.1, 0.15) is 5.60 Å². The lowest BCUT2D eigenvalue weighted by atomic mass is 9.89. The second kappa shape index (κ2) is 3.79. The third-order valence-corrected chi connectivity index (χ3v) is 3.27. The van der Waals surface area contributed by atoms with E-state index in [0.29, 0.717) is 0 Å². The molecule has 2 nitrogen and oxygen atoms in total. The summed E-state index contributed by atoms with van der Waals surface area (Å²) < 4.78 is 5.62. The second-order valence-corrected chi connectivity index (χ2v) is 4.47. The van der Waals surface area contributed by atoms with Gasteiger partial charge in [0.25, 0.3) is 0 Å². The molecule has 0 N–H and O–H groups in total. The van der Waals surface area contributed by atoms with Crippen molar-refractivity contribution in [3.8, 4) is 0 Å². The summed E-state index contributed by atoms with van der Waals surface area (Å²) in [4.78, 5) is 11.0. The van der Waals surface area contributed by atoms with Crippen LogP contribution in [0.2, 0.25) is 0 Å². The van der Waals surface area contributed by atoms with Gasteiger partial charge in [-0.1, -0.05) is 12.8 Å². The number of hydrogen-bond donors (Lipinski definition) is 0. The van der Waals surface area contributed by atoms with E-state index in [1.54, 1.807) is 0 Å². The molecule has 2 fully saturated rings. The minimum absolute atomic E-state index is 0.388. The fourth-order valence-electron chi connectivity index (χ4n) is 2.08. The zero-order valence-electron chi connectivity index (χ0n) is 8.13. The molecule has 0 aromatic heterocycles. The molecule has 1 aliphatic carbocycles. The Bertz CT molecular complexity index is 179. The van der Waals surface area contributed by atoms with E-state index in [1.165, 1.54) is 19.3 Å². The van der Waals surface area contributed by atoms with Crippen molar-refractivity contribution in [3.63, 3.8) is 0 Å². The SMILES string of the molecule is O=CC1(CCC2CC2)CCCCO1. The van der Waals surface area contributed by atoms with Gasteiger partial charge in [-0.05, 0) is 38.0 Å². The molecule has 2 aliphatic rings. The van der Waals surface area contributed by atoms with Crippen LogP contribution in [0.1, 0.15) is 44.9 Å². The maximum atomic E-state index is 11.0. The molecule has 0 aromatic rings. The zero-order chi connectivity index (χ0) is 9.15. The van der Waals surface area contributed by atoms with Gasteiger partial charge in [0.2, 0.25) is 0 Å². The van der Waals surface area contributed by atoms with Crippen LogP contribution in [0.4, 0.5) is 0 Å². The summed E-state index contributed by atoms with van der Waals surface area (Å²) in [5, 5.41) is 0. The van der Waals surface area contributed by atoms with Crippen LogP contribution in [-0.4, -0.2) is 18.5 Å². The summed E-state index contributed by atoms with van der Waals surface area (Å²) in [7, 11) is 0. The Morgan fingerprint density at radius 3 is 2.77 bits per heavy atom. The minimum atomic E-state index is -0.388. The van der Waals surface area contributed by atoms with Crippen LogP contribution >= 0.6 is 0 Å². The van der Waals surface area contributed by atoms with Crippen LogP contribution in [0.5, 0.6) is 0 Å². The molecule has 1 atom stereocenters. The predicted molar refractivity (Wildman–Crippen MR) is 50.6 cm³/mol. The Hall–Kier alpha value is -0.370. The average Bonchev–Trinajstić information content (AvgIpc) is 3.00. The van der Waals surface area contributed by atoms with Gasteiger partial charge in [-0.25, -0.2) is 0 Å². The lowest BCUT2D eigenvalue weighted by Crippen LogP contribution is -2.38. The summed E-state index contributed by atoms with van der Waals surface area (Å²) in [5.74, 6) is 0.905. The van der Waals surface area contributed by atoms with E-state index in [2.05, 4.69) is 0 Å². The molecular formula is C11H18O2. The maximum absolute atomic E-state index is 11.0. The Balaban J connectivity index is 1.84. The van der Waals surface area contributed by atoms with E-state index >= 15 is 0 Å². The Morgan fingerprint density at radius 1 is 1.38 bits per heavy atom. The summed E-state index contributed by atoms with van der Waals surface area (Å²) in [6.07, 6.45) is 9.17. The average molecular weight is 182 g/mol. The van der Waals surface area contributed by atoms with Gasteiger partial charge in [0.05, 0.1) is 0 Å². The normalized spacial score (nSPS) is 34.5. The van der Waals surface area contributed by atoms with E-state index in [4.69, 9.17) is 4.74 Å². The van der Waals surface area contributed by atoms with Crippen molar-refractivity contribution in [1.29, 1.82) is 0 Å². The van der Waals surface area contributed by atoms with E-state index in [1.807, 2.05) is 0 Å². The fourth-order valence-corrected chi connectivity index (χ4v) is 2.08. The molecule has 2 rings (SSSR count). The summed E-state index contributed by atoms with van der Waals surface area (Å²) in [6.45, 7) is 0.781. The van der Waals surface area contributed by atoms with Crippen LogP contribution in [0.15, 0.2) is 0 Å². The molecule has 2 heteroatoms. The maximum Gasteiger partial charge on any atom is 0.151 e. The highest BCUT2D eigenvalue weighted by atomic mass is 16.5. The number of hydrogen-bond acceptors (Lipinski definition) is 2. The van der Waals surface area contributed by atoms with Gasteiger partial charge in [-0.15, -0.1) is 0 Å². The quantitative estimate of drug-likeness (QED) is 0.624. The third-order valence-electron chi connectivity index (χ3n) is 3.27. The highest BCUT2D eigenvalue weighted by molar-refractivity contribution is 5.62. The van der Waals surface area contributed by atoms with Crippen molar-refractivity contribution in [3.05, 3.63) is 0 Å². The van der Waals surface area contributed by atoms with Crippen molar-refractivity contribution in [2.24, 2.45) is 5.92 Å². The number of rotatable bonds is 4. The van der Waals surface area contributed by atoms with E-state index in [9.17, 15) is 4.79 Å². The van der Waals surface area contributed by atoms with Gasteiger partial charge in [-0.3, -0.25) is 0 Å². The second-order valence-electron chi connectivity index (χ2n) is 4.47. The first-order chi connectivity index (χ1) is 6.35. The highest BCUT2D eigenvalue weighted by Gasteiger charge is 2.34. The number of carbonyl (C=O) groups excluding carboxylic acids is 1. The number of carbonyl (C=O) groups is 1. The van der Waals surface area contributed by atoms with Crippen molar-refractivity contribution >= 4 is 6.29 Å². The Morgan fingerprint density at radius 2 is 2.23 bits per heavy atom. The first-order valence-electron chi connectivity index (χ1n) is 5.45. The van der Waals surface area contributed by atoms with E-state index in [0.717, 1.165) is 44.5 Å². The van der Waals surface area contributed by atoms with Gasteiger partial charge < -0.3 is 9.53 Å². The zero-order valence-corrected chi connectivity index (χ0v) is 8.13. The standard InChI is InChI=1S/C11H18O2/c12-9-11(6-1-2-8-13-11)7-5-10-3-4-10/h9-10H,1-8H2.